The standard InChI is InChI=1S/C16H22BrNO3/c1-3-6-21-16-14(17)8-12(9-15(16)19-2)10-18-11-13-5-4-7-20-13/h3,8-9,13,18H,1,4-7,10-11H2,2H3/t13-/m1/s1. The highest BCUT2D eigenvalue weighted by Crippen LogP contribution is 2.36. The molecule has 0 amide bonds. The summed E-state index contributed by atoms with van der Waals surface area (Å²) >= 11 is 3.54. The first-order valence-electron chi connectivity index (χ1n) is 7.17. The molecule has 1 aromatic carbocycles. The van der Waals surface area contributed by atoms with E-state index in [0.29, 0.717) is 18.5 Å². The summed E-state index contributed by atoms with van der Waals surface area (Å²) in [5, 5.41) is 3.43. The summed E-state index contributed by atoms with van der Waals surface area (Å²) in [5.41, 5.74) is 1.14. The molecule has 116 valence electrons. The predicted molar refractivity (Wildman–Crippen MR) is 87.1 cm³/mol. The van der Waals surface area contributed by atoms with E-state index in [1.54, 1.807) is 13.2 Å². The molecule has 0 saturated carbocycles. The van der Waals surface area contributed by atoms with Crippen molar-refractivity contribution in [2.75, 3.05) is 26.9 Å². The lowest BCUT2D eigenvalue weighted by atomic mass is 10.2. The van der Waals surface area contributed by atoms with Crippen molar-refractivity contribution in [2.24, 2.45) is 0 Å². The highest BCUT2D eigenvalue weighted by molar-refractivity contribution is 9.10. The van der Waals surface area contributed by atoms with Gasteiger partial charge in [-0.1, -0.05) is 12.7 Å². The molecule has 0 aromatic heterocycles. The van der Waals surface area contributed by atoms with Crippen LogP contribution >= 0.6 is 15.9 Å². The summed E-state index contributed by atoms with van der Waals surface area (Å²) in [6, 6.07) is 4.04. The van der Waals surface area contributed by atoms with E-state index in [1.807, 2.05) is 12.1 Å². The molecule has 1 saturated heterocycles. The average Bonchev–Trinajstić information content (AvgIpc) is 2.99. The predicted octanol–water partition coefficient (Wildman–Crippen LogP) is 3.29. The largest absolute Gasteiger partial charge is 0.493 e. The molecule has 0 spiro atoms. The molecule has 21 heavy (non-hydrogen) atoms. The molecule has 1 fully saturated rings. The number of hydrogen-bond donors (Lipinski definition) is 1. The number of ether oxygens (including phenoxy) is 3. The summed E-state index contributed by atoms with van der Waals surface area (Å²) in [6.07, 6.45) is 4.38. The zero-order valence-corrected chi connectivity index (χ0v) is 13.9. The van der Waals surface area contributed by atoms with Gasteiger partial charge in [0.05, 0.1) is 17.7 Å². The van der Waals surface area contributed by atoms with Crippen molar-refractivity contribution >= 4 is 15.9 Å². The normalized spacial score (nSPS) is 17.7. The molecule has 4 nitrogen and oxygen atoms in total. The molecule has 0 radical (unpaired) electrons. The number of methoxy groups -OCH3 is 1. The van der Waals surface area contributed by atoms with Crippen molar-refractivity contribution in [2.45, 2.75) is 25.5 Å². The summed E-state index contributed by atoms with van der Waals surface area (Å²) in [5.74, 6) is 1.43. The first-order chi connectivity index (χ1) is 10.2. The van der Waals surface area contributed by atoms with Crippen LogP contribution in [-0.2, 0) is 11.3 Å². The zero-order chi connectivity index (χ0) is 15.1. The Bertz CT molecular complexity index is 473. The summed E-state index contributed by atoms with van der Waals surface area (Å²) in [7, 11) is 1.64. The summed E-state index contributed by atoms with van der Waals surface area (Å²) < 4.78 is 17.5. The maximum atomic E-state index is 5.62. The number of hydrogen-bond acceptors (Lipinski definition) is 4. The van der Waals surface area contributed by atoms with Crippen LogP contribution in [0.1, 0.15) is 18.4 Å². The fourth-order valence-electron chi connectivity index (χ4n) is 2.34. The maximum Gasteiger partial charge on any atom is 0.175 e. The molecule has 1 N–H and O–H groups in total. The van der Waals surface area contributed by atoms with Gasteiger partial charge >= 0.3 is 0 Å². The van der Waals surface area contributed by atoms with E-state index in [1.165, 1.54) is 6.42 Å². The minimum absolute atomic E-state index is 0.352. The number of benzene rings is 1. The van der Waals surface area contributed by atoms with Gasteiger partial charge in [-0.25, -0.2) is 0 Å². The van der Waals surface area contributed by atoms with Gasteiger partial charge in [0.1, 0.15) is 6.61 Å². The van der Waals surface area contributed by atoms with Crippen molar-refractivity contribution in [3.63, 3.8) is 0 Å². The van der Waals surface area contributed by atoms with Gasteiger partial charge in [0.15, 0.2) is 11.5 Å². The molecule has 1 aliphatic rings. The van der Waals surface area contributed by atoms with Crippen LogP contribution in [0.5, 0.6) is 11.5 Å². The van der Waals surface area contributed by atoms with Gasteiger partial charge < -0.3 is 19.5 Å². The number of halogens is 1. The Labute approximate surface area is 134 Å². The third-order valence-corrected chi connectivity index (χ3v) is 3.95. The monoisotopic (exact) mass is 355 g/mol. The molecule has 1 aliphatic heterocycles. The van der Waals surface area contributed by atoms with Crippen molar-refractivity contribution in [3.8, 4) is 11.5 Å². The molecule has 0 aliphatic carbocycles. The lowest BCUT2D eigenvalue weighted by Crippen LogP contribution is -2.25. The molecule has 1 heterocycles. The second-order valence-electron chi connectivity index (χ2n) is 4.97. The van der Waals surface area contributed by atoms with Crippen LogP contribution in [0.3, 0.4) is 0 Å². The maximum absolute atomic E-state index is 5.62. The number of rotatable bonds is 8. The SMILES string of the molecule is C=CCOc1c(Br)cc(CNC[C@H]2CCCO2)cc1OC. The third-order valence-electron chi connectivity index (χ3n) is 3.36. The average molecular weight is 356 g/mol. The first-order valence-corrected chi connectivity index (χ1v) is 7.96. The van der Waals surface area contributed by atoms with E-state index in [-0.39, 0.29) is 0 Å². The Hall–Kier alpha value is -1.04. The van der Waals surface area contributed by atoms with Crippen LogP contribution in [0, 0.1) is 0 Å². The summed E-state index contributed by atoms with van der Waals surface area (Å²) in [4.78, 5) is 0. The Balaban J connectivity index is 1.96. The molecule has 1 atom stereocenters. The van der Waals surface area contributed by atoms with Crippen LogP contribution in [0.15, 0.2) is 29.3 Å². The molecule has 5 heteroatoms. The van der Waals surface area contributed by atoms with E-state index in [0.717, 1.165) is 41.9 Å². The van der Waals surface area contributed by atoms with Crippen molar-refractivity contribution in [3.05, 3.63) is 34.8 Å². The molecule has 0 unspecified atom stereocenters. The van der Waals surface area contributed by atoms with Crippen LogP contribution in [0.25, 0.3) is 0 Å². The summed E-state index contributed by atoms with van der Waals surface area (Å²) in [6.45, 7) is 6.65. The molecule has 0 bridgehead atoms. The van der Waals surface area contributed by atoms with E-state index in [9.17, 15) is 0 Å². The quantitative estimate of drug-likeness (QED) is 0.726. The zero-order valence-electron chi connectivity index (χ0n) is 12.4. The minimum atomic E-state index is 0.352. The van der Waals surface area contributed by atoms with Crippen LogP contribution < -0.4 is 14.8 Å². The fraction of sp³-hybridized carbons (Fsp3) is 0.500. The highest BCUT2D eigenvalue weighted by atomic mass is 79.9. The number of nitrogens with one attached hydrogen (secondary N) is 1. The fourth-order valence-corrected chi connectivity index (χ4v) is 2.94. The van der Waals surface area contributed by atoms with Gasteiger partial charge in [-0.05, 0) is 46.5 Å². The first kappa shape index (κ1) is 16.3. The van der Waals surface area contributed by atoms with Crippen LogP contribution in [-0.4, -0.2) is 33.0 Å². The van der Waals surface area contributed by atoms with E-state index < -0.39 is 0 Å². The molecular formula is C16H22BrNO3. The van der Waals surface area contributed by atoms with Crippen LogP contribution in [0.2, 0.25) is 0 Å². The Morgan fingerprint density at radius 3 is 3.05 bits per heavy atom. The minimum Gasteiger partial charge on any atom is -0.493 e. The van der Waals surface area contributed by atoms with Crippen molar-refractivity contribution in [1.29, 1.82) is 0 Å². The van der Waals surface area contributed by atoms with E-state index >= 15 is 0 Å². The van der Waals surface area contributed by atoms with Gasteiger partial charge in [-0.15, -0.1) is 0 Å². The molecular weight excluding hydrogens is 334 g/mol. The van der Waals surface area contributed by atoms with Gasteiger partial charge in [0.2, 0.25) is 0 Å². The second-order valence-corrected chi connectivity index (χ2v) is 5.83. The lowest BCUT2D eigenvalue weighted by molar-refractivity contribution is 0.110. The van der Waals surface area contributed by atoms with Crippen LogP contribution in [0.4, 0.5) is 0 Å². The Morgan fingerprint density at radius 1 is 1.52 bits per heavy atom. The van der Waals surface area contributed by atoms with Crippen molar-refractivity contribution in [1.82, 2.24) is 5.32 Å². The van der Waals surface area contributed by atoms with E-state index in [2.05, 4.69) is 27.8 Å². The van der Waals surface area contributed by atoms with Gasteiger partial charge in [0, 0.05) is 19.7 Å². The molecule has 1 aromatic rings. The van der Waals surface area contributed by atoms with Crippen molar-refractivity contribution < 1.29 is 14.2 Å². The van der Waals surface area contributed by atoms with Gasteiger partial charge in [-0.2, -0.15) is 0 Å². The third kappa shape index (κ3) is 4.73. The van der Waals surface area contributed by atoms with E-state index in [4.69, 9.17) is 14.2 Å². The molecule has 2 rings (SSSR count). The highest BCUT2D eigenvalue weighted by Gasteiger charge is 2.15. The lowest BCUT2D eigenvalue weighted by Gasteiger charge is -2.15. The Kier molecular flexibility index (Phi) is 6.54. The van der Waals surface area contributed by atoms with Gasteiger partial charge in [0.25, 0.3) is 0 Å². The topological polar surface area (TPSA) is 39.7 Å². The Morgan fingerprint density at radius 2 is 2.38 bits per heavy atom. The second kappa shape index (κ2) is 8.41. The van der Waals surface area contributed by atoms with Gasteiger partial charge in [-0.3, -0.25) is 0 Å². The smallest absolute Gasteiger partial charge is 0.175 e.